The summed E-state index contributed by atoms with van der Waals surface area (Å²) in [4.78, 5) is 38.9. The van der Waals surface area contributed by atoms with Crippen LogP contribution in [0.2, 0.25) is 0 Å². The maximum Gasteiger partial charge on any atom is 0.268 e. The highest BCUT2D eigenvalue weighted by Crippen LogP contribution is 2.44. The van der Waals surface area contributed by atoms with Crippen LogP contribution >= 0.6 is 0 Å². The summed E-state index contributed by atoms with van der Waals surface area (Å²) < 4.78 is 2.13. The molecular weight excluding hydrogens is 629 g/mol. The monoisotopic (exact) mass is 662 g/mol. The Kier molecular flexibility index (Phi) is 7.84. The van der Waals surface area contributed by atoms with E-state index in [1.54, 1.807) is 18.5 Å². The van der Waals surface area contributed by atoms with Gasteiger partial charge in [-0.05, 0) is 96.1 Å². The van der Waals surface area contributed by atoms with Crippen molar-refractivity contribution in [3.05, 3.63) is 180 Å². The van der Waals surface area contributed by atoms with E-state index < -0.39 is 0 Å². The Hall–Kier alpha value is -6.66. The zero-order valence-electron chi connectivity index (χ0n) is 28.6. The van der Waals surface area contributed by atoms with Crippen LogP contribution in [0.3, 0.4) is 0 Å². The van der Waals surface area contributed by atoms with Gasteiger partial charge in [-0.3, -0.25) is 19.6 Å². The van der Waals surface area contributed by atoms with Crippen molar-refractivity contribution in [3.63, 3.8) is 0 Å². The number of anilines is 1. The number of hydrogen-bond donors (Lipinski definition) is 0. The van der Waals surface area contributed by atoms with Crippen molar-refractivity contribution in [3.8, 4) is 27.9 Å². The molecule has 7 aromatic rings. The lowest BCUT2D eigenvalue weighted by Gasteiger charge is -2.19. The third-order valence-corrected chi connectivity index (χ3v) is 9.67. The summed E-state index contributed by atoms with van der Waals surface area (Å²) in [5.41, 5.74) is 12.3. The highest BCUT2D eigenvalue weighted by atomic mass is 16.2. The number of rotatable bonds is 7. The molecule has 4 aromatic carbocycles. The Labute approximate surface area is 296 Å². The van der Waals surface area contributed by atoms with Gasteiger partial charge in [-0.1, -0.05) is 85.5 Å². The molecule has 0 bridgehead atoms. The van der Waals surface area contributed by atoms with E-state index in [2.05, 4.69) is 45.4 Å². The molecule has 6 nitrogen and oxygen atoms in total. The average molecular weight is 663 g/mol. The fraction of sp³-hybridized carbons (Fsp3) is 0.0667. The van der Waals surface area contributed by atoms with E-state index in [0.29, 0.717) is 22.5 Å². The minimum Gasteiger partial charge on any atom is -0.307 e. The first-order chi connectivity index (χ1) is 24.9. The number of fused-ring (bicyclic) bond motifs is 2. The minimum absolute atomic E-state index is 0.348. The standard InChI is InChI=1S/C45H34N4O2/c1-5-11-36-38-15-9-14-37(35-23-25-47-27-29(35)3)43(38)49(42(36)30(4)34-22-24-46-26-28(34)2)40-17-10-16-39-41(40)45(51)48(44(39)50)33-20-18-32(19-21-33)31-12-7-6-8-13-31/h5-27H,4H2,1-3H3/b11-5-. The van der Waals surface area contributed by atoms with Crippen molar-refractivity contribution < 1.29 is 9.59 Å². The number of pyridine rings is 2. The lowest BCUT2D eigenvalue weighted by molar-refractivity contribution is 0.0926. The second-order valence-electron chi connectivity index (χ2n) is 12.7. The first kappa shape index (κ1) is 31.6. The number of allylic oxidation sites excluding steroid dienone is 1. The largest absolute Gasteiger partial charge is 0.307 e. The molecule has 0 spiro atoms. The number of amides is 2. The zero-order chi connectivity index (χ0) is 35.2. The summed E-state index contributed by atoms with van der Waals surface area (Å²) in [5, 5.41) is 0.993. The number of carbonyl (C=O) groups is 2. The van der Waals surface area contributed by atoms with Crippen LogP contribution < -0.4 is 4.90 Å². The summed E-state index contributed by atoms with van der Waals surface area (Å²) in [6.45, 7) is 10.7. The highest BCUT2D eigenvalue weighted by molar-refractivity contribution is 6.35. The zero-order valence-corrected chi connectivity index (χ0v) is 28.6. The summed E-state index contributed by atoms with van der Waals surface area (Å²) in [6, 6.07) is 33.4. The molecule has 1 aliphatic rings. The summed E-state index contributed by atoms with van der Waals surface area (Å²) in [7, 11) is 0. The van der Waals surface area contributed by atoms with Gasteiger partial charge in [-0.25, -0.2) is 4.90 Å². The van der Waals surface area contributed by atoms with Crippen LogP contribution in [0.4, 0.5) is 5.69 Å². The molecule has 0 aliphatic carbocycles. The fourth-order valence-corrected chi connectivity index (χ4v) is 7.29. The van der Waals surface area contributed by atoms with Gasteiger partial charge in [0, 0.05) is 41.3 Å². The van der Waals surface area contributed by atoms with E-state index in [4.69, 9.17) is 0 Å². The Morgan fingerprint density at radius 1 is 0.686 bits per heavy atom. The molecule has 0 radical (unpaired) electrons. The van der Waals surface area contributed by atoms with Crippen LogP contribution in [-0.4, -0.2) is 26.3 Å². The molecule has 2 amide bonds. The Morgan fingerprint density at radius 2 is 1.37 bits per heavy atom. The fourth-order valence-electron chi connectivity index (χ4n) is 7.29. The summed E-state index contributed by atoms with van der Waals surface area (Å²) in [6.07, 6.45) is 11.4. The second kappa shape index (κ2) is 12.7. The molecule has 0 saturated heterocycles. The van der Waals surface area contributed by atoms with Crippen LogP contribution in [0.1, 0.15) is 55.6 Å². The summed E-state index contributed by atoms with van der Waals surface area (Å²) >= 11 is 0. The van der Waals surface area contributed by atoms with Crippen LogP contribution in [0, 0.1) is 13.8 Å². The molecule has 0 atom stereocenters. The van der Waals surface area contributed by atoms with Gasteiger partial charge in [0.2, 0.25) is 0 Å². The van der Waals surface area contributed by atoms with Gasteiger partial charge < -0.3 is 4.57 Å². The third kappa shape index (κ3) is 5.11. The Balaban J connectivity index is 1.40. The SMILES string of the molecule is C=C(c1ccncc1C)c1c(/C=C\C)c2cccc(-c3ccncc3C)c2n1-c1cccc2c1C(=O)N(c1ccc(-c3ccccc3)cc1)C2=O. The Morgan fingerprint density at radius 3 is 2.10 bits per heavy atom. The van der Waals surface area contributed by atoms with Gasteiger partial charge in [0.25, 0.3) is 11.8 Å². The smallest absolute Gasteiger partial charge is 0.268 e. The number of carbonyl (C=O) groups excluding carboxylic acids is 2. The van der Waals surface area contributed by atoms with Gasteiger partial charge in [0.1, 0.15) is 0 Å². The lowest BCUT2D eigenvalue weighted by Crippen LogP contribution is -2.29. The van der Waals surface area contributed by atoms with Crippen molar-refractivity contribution in [2.24, 2.45) is 0 Å². The maximum absolute atomic E-state index is 14.7. The number of aromatic nitrogens is 3. The topological polar surface area (TPSA) is 68.1 Å². The van der Waals surface area contributed by atoms with Crippen molar-refractivity contribution in [1.29, 1.82) is 0 Å². The molecule has 8 rings (SSSR count). The van der Waals surface area contributed by atoms with E-state index in [1.807, 2.05) is 118 Å². The first-order valence-corrected chi connectivity index (χ1v) is 16.9. The molecular formula is C45H34N4O2. The molecule has 0 fully saturated rings. The van der Waals surface area contributed by atoms with Crippen LogP contribution in [-0.2, 0) is 0 Å². The van der Waals surface area contributed by atoms with Crippen LogP contribution in [0.5, 0.6) is 0 Å². The Bertz CT molecular complexity index is 2560. The van der Waals surface area contributed by atoms with Crippen molar-refractivity contribution in [1.82, 2.24) is 14.5 Å². The molecule has 0 N–H and O–H groups in total. The molecule has 0 saturated carbocycles. The van der Waals surface area contributed by atoms with E-state index in [1.165, 1.54) is 4.90 Å². The van der Waals surface area contributed by atoms with E-state index in [0.717, 1.165) is 66.7 Å². The average Bonchev–Trinajstić information content (AvgIpc) is 3.63. The molecule has 0 unspecified atom stereocenters. The van der Waals surface area contributed by atoms with Gasteiger partial charge >= 0.3 is 0 Å². The molecule has 51 heavy (non-hydrogen) atoms. The predicted molar refractivity (Wildman–Crippen MR) is 206 cm³/mol. The van der Waals surface area contributed by atoms with Gasteiger partial charge in [-0.2, -0.15) is 0 Å². The van der Waals surface area contributed by atoms with Gasteiger partial charge in [-0.15, -0.1) is 0 Å². The number of benzene rings is 4. The van der Waals surface area contributed by atoms with Crippen molar-refractivity contribution >= 4 is 40.1 Å². The number of aryl methyl sites for hydroxylation is 2. The van der Waals surface area contributed by atoms with Crippen LogP contribution in [0.15, 0.2) is 141 Å². The quantitative estimate of drug-likeness (QED) is 0.159. The maximum atomic E-state index is 14.7. The second-order valence-corrected chi connectivity index (χ2v) is 12.7. The lowest BCUT2D eigenvalue weighted by atomic mass is 9.96. The van der Waals surface area contributed by atoms with E-state index >= 15 is 0 Å². The van der Waals surface area contributed by atoms with E-state index in [9.17, 15) is 9.59 Å². The minimum atomic E-state index is -0.373. The molecule has 4 heterocycles. The highest BCUT2D eigenvalue weighted by Gasteiger charge is 2.40. The molecule has 246 valence electrons. The van der Waals surface area contributed by atoms with Crippen LogP contribution in [0.25, 0.3) is 50.5 Å². The number of para-hydroxylation sites is 1. The van der Waals surface area contributed by atoms with Crippen molar-refractivity contribution in [2.45, 2.75) is 20.8 Å². The first-order valence-electron chi connectivity index (χ1n) is 16.9. The number of hydrogen-bond acceptors (Lipinski definition) is 4. The van der Waals surface area contributed by atoms with Gasteiger partial charge in [0.15, 0.2) is 0 Å². The van der Waals surface area contributed by atoms with E-state index in [-0.39, 0.29) is 11.8 Å². The molecule has 1 aliphatic heterocycles. The number of nitrogens with zero attached hydrogens (tertiary/aromatic N) is 4. The van der Waals surface area contributed by atoms with Gasteiger partial charge in [0.05, 0.1) is 33.7 Å². The van der Waals surface area contributed by atoms with Crippen molar-refractivity contribution in [2.75, 3.05) is 4.90 Å². The number of imide groups is 1. The molecule has 6 heteroatoms. The predicted octanol–water partition coefficient (Wildman–Crippen LogP) is 10.3. The molecule has 3 aromatic heterocycles. The normalized spacial score (nSPS) is 12.6. The third-order valence-electron chi connectivity index (χ3n) is 9.67. The summed E-state index contributed by atoms with van der Waals surface area (Å²) in [5.74, 6) is -0.730.